The van der Waals surface area contributed by atoms with Crippen molar-refractivity contribution in [2.75, 3.05) is 6.61 Å². The van der Waals surface area contributed by atoms with E-state index < -0.39 is 0 Å². The predicted molar refractivity (Wildman–Crippen MR) is 67.3 cm³/mol. The zero-order valence-corrected chi connectivity index (χ0v) is 10.7. The number of carbonyl (C=O) groups is 1. The van der Waals surface area contributed by atoms with Crippen molar-refractivity contribution in [1.29, 1.82) is 0 Å². The summed E-state index contributed by atoms with van der Waals surface area (Å²) in [6.07, 6.45) is 0. The number of carbonyl (C=O) groups excluding carboxylic acids is 1. The first-order valence-electron chi connectivity index (χ1n) is 5.79. The lowest BCUT2D eigenvalue weighted by atomic mass is 9.88. The fourth-order valence-electron chi connectivity index (χ4n) is 2.44. The van der Waals surface area contributed by atoms with Gasteiger partial charge in [-0.3, -0.25) is 4.79 Å². The molecule has 2 rings (SSSR count). The number of Topliss-reactive ketones (excluding diaryl/α,β-unsaturated/α-hetero) is 1. The van der Waals surface area contributed by atoms with Crippen molar-refractivity contribution < 1.29 is 9.63 Å². The summed E-state index contributed by atoms with van der Waals surface area (Å²) in [7, 11) is 0. The number of hydrogen-bond acceptors (Lipinski definition) is 3. The molecule has 3 heteroatoms. The van der Waals surface area contributed by atoms with Gasteiger partial charge in [0.05, 0.1) is 0 Å². The number of oxime groups is 1. The molecule has 3 nitrogen and oxygen atoms in total. The standard InChI is InChI=1S/C14H17NO2/c1-8-5-9(2)13(10(3)6-8)14-12(11(4)16)7-17-15-14/h5-6,12H,7H2,1-4H3. The molecule has 1 atom stereocenters. The van der Waals surface area contributed by atoms with Gasteiger partial charge in [0.2, 0.25) is 0 Å². The molecule has 0 radical (unpaired) electrons. The number of nitrogens with zero attached hydrogens (tertiary/aromatic N) is 1. The van der Waals surface area contributed by atoms with E-state index in [1.807, 2.05) is 13.8 Å². The summed E-state index contributed by atoms with van der Waals surface area (Å²) in [5.41, 5.74) is 5.37. The van der Waals surface area contributed by atoms with E-state index in [2.05, 4.69) is 24.2 Å². The average Bonchev–Trinajstić information content (AvgIpc) is 2.64. The molecule has 0 bridgehead atoms. The molecule has 17 heavy (non-hydrogen) atoms. The minimum atomic E-state index is -0.213. The maximum Gasteiger partial charge on any atom is 0.142 e. The van der Waals surface area contributed by atoms with Crippen LogP contribution in [-0.4, -0.2) is 18.1 Å². The zero-order valence-electron chi connectivity index (χ0n) is 10.7. The molecule has 0 fully saturated rings. The maximum absolute atomic E-state index is 11.6. The highest BCUT2D eigenvalue weighted by Crippen LogP contribution is 2.24. The molecule has 1 aromatic carbocycles. The summed E-state index contributed by atoms with van der Waals surface area (Å²) in [4.78, 5) is 16.7. The quantitative estimate of drug-likeness (QED) is 0.784. The molecule has 0 saturated heterocycles. The summed E-state index contributed by atoms with van der Waals surface area (Å²) >= 11 is 0. The van der Waals surface area contributed by atoms with E-state index in [9.17, 15) is 4.79 Å². The summed E-state index contributed by atoms with van der Waals surface area (Å²) in [6, 6.07) is 4.22. The Morgan fingerprint density at radius 3 is 2.41 bits per heavy atom. The van der Waals surface area contributed by atoms with E-state index in [0.29, 0.717) is 6.61 Å². The third kappa shape index (κ3) is 2.09. The largest absolute Gasteiger partial charge is 0.394 e. The van der Waals surface area contributed by atoms with Crippen LogP contribution in [0.4, 0.5) is 0 Å². The van der Waals surface area contributed by atoms with Gasteiger partial charge in [-0.25, -0.2) is 0 Å². The topological polar surface area (TPSA) is 38.7 Å². The minimum absolute atomic E-state index is 0.112. The lowest BCUT2D eigenvalue weighted by Gasteiger charge is -2.13. The van der Waals surface area contributed by atoms with Crippen LogP contribution >= 0.6 is 0 Å². The van der Waals surface area contributed by atoms with Crippen LogP contribution in [0.1, 0.15) is 29.2 Å². The van der Waals surface area contributed by atoms with Crippen LogP contribution in [0.2, 0.25) is 0 Å². The predicted octanol–water partition coefficient (Wildman–Crippen LogP) is 2.55. The molecule has 0 aliphatic carbocycles. The Bertz CT molecular complexity index is 480. The number of ketones is 1. The van der Waals surface area contributed by atoms with Crippen molar-refractivity contribution in [2.45, 2.75) is 27.7 Å². The Morgan fingerprint density at radius 2 is 1.88 bits per heavy atom. The van der Waals surface area contributed by atoms with Gasteiger partial charge >= 0.3 is 0 Å². The first kappa shape index (κ1) is 11.8. The van der Waals surface area contributed by atoms with Gasteiger partial charge in [-0.05, 0) is 38.8 Å². The van der Waals surface area contributed by atoms with E-state index in [1.54, 1.807) is 6.92 Å². The van der Waals surface area contributed by atoms with Crippen LogP contribution in [0.3, 0.4) is 0 Å². The Hall–Kier alpha value is -1.64. The smallest absolute Gasteiger partial charge is 0.142 e. The van der Waals surface area contributed by atoms with Gasteiger partial charge in [0.15, 0.2) is 0 Å². The number of benzene rings is 1. The molecule has 1 unspecified atom stereocenters. The van der Waals surface area contributed by atoms with Crippen LogP contribution in [0.15, 0.2) is 17.3 Å². The van der Waals surface area contributed by atoms with Crippen LogP contribution in [-0.2, 0) is 9.63 Å². The molecule has 90 valence electrons. The van der Waals surface area contributed by atoms with Crippen molar-refractivity contribution in [3.63, 3.8) is 0 Å². The van der Waals surface area contributed by atoms with Crippen molar-refractivity contribution in [3.05, 3.63) is 34.4 Å². The average molecular weight is 231 g/mol. The third-order valence-electron chi connectivity index (χ3n) is 3.16. The van der Waals surface area contributed by atoms with E-state index in [0.717, 1.165) is 22.4 Å². The Kier molecular flexibility index (Phi) is 3.01. The molecular weight excluding hydrogens is 214 g/mol. The molecular formula is C14H17NO2. The number of rotatable bonds is 2. The highest BCUT2D eigenvalue weighted by atomic mass is 16.6. The van der Waals surface area contributed by atoms with E-state index in [4.69, 9.17) is 4.84 Å². The van der Waals surface area contributed by atoms with Gasteiger partial charge in [-0.15, -0.1) is 0 Å². The summed E-state index contributed by atoms with van der Waals surface area (Å²) < 4.78 is 0. The summed E-state index contributed by atoms with van der Waals surface area (Å²) in [5.74, 6) is -0.101. The molecule has 1 aromatic rings. The molecule has 0 spiro atoms. The second-order valence-electron chi connectivity index (χ2n) is 4.71. The molecule has 0 N–H and O–H groups in total. The van der Waals surface area contributed by atoms with E-state index in [-0.39, 0.29) is 11.7 Å². The maximum atomic E-state index is 11.6. The van der Waals surface area contributed by atoms with Gasteiger partial charge in [0, 0.05) is 5.56 Å². The molecule has 1 aliphatic heterocycles. The summed E-state index contributed by atoms with van der Waals surface area (Å²) in [5, 5.41) is 4.06. The highest BCUT2D eigenvalue weighted by molar-refractivity contribution is 6.15. The van der Waals surface area contributed by atoms with Gasteiger partial charge in [0.25, 0.3) is 0 Å². The van der Waals surface area contributed by atoms with Crippen LogP contribution < -0.4 is 0 Å². The van der Waals surface area contributed by atoms with Crippen molar-refractivity contribution in [1.82, 2.24) is 0 Å². The third-order valence-corrected chi connectivity index (χ3v) is 3.16. The van der Waals surface area contributed by atoms with Gasteiger partial charge in [-0.1, -0.05) is 22.9 Å². The van der Waals surface area contributed by atoms with Crippen molar-refractivity contribution in [2.24, 2.45) is 11.1 Å². The van der Waals surface area contributed by atoms with Crippen LogP contribution in [0.5, 0.6) is 0 Å². The molecule has 1 heterocycles. The normalized spacial score (nSPS) is 18.8. The zero-order chi connectivity index (χ0) is 12.6. The van der Waals surface area contributed by atoms with E-state index in [1.165, 1.54) is 5.56 Å². The minimum Gasteiger partial charge on any atom is -0.394 e. The molecule has 0 saturated carbocycles. The fraction of sp³-hybridized carbons (Fsp3) is 0.429. The Labute approximate surface area is 101 Å². The fourth-order valence-corrected chi connectivity index (χ4v) is 2.44. The van der Waals surface area contributed by atoms with Gasteiger partial charge in [0.1, 0.15) is 24.0 Å². The second kappa shape index (κ2) is 4.32. The monoisotopic (exact) mass is 231 g/mol. The van der Waals surface area contributed by atoms with Gasteiger partial charge in [-0.2, -0.15) is 0 Å². The van der Waals surface area contributed by atoms with E-state index >= 15 is 0 Å². The Morgan fingerprint density at radius 1 is 1.29 bits per heavy atom. The number of hydrogen-bond donors (Lipinski definition) is 0. The Balaban J connectivity index is 2.51. The van der Waals surface area contributed by atoms with Crippen LogP contribution in [0.25, 0.3) is 0 Å². The second-order valence-corrected chi connectivity index (χ2v) is 4.71. The van der Waals surface area contributed by atoms with Gasteiger partial charge < -0.3 is 4.84 Å². The highest BCUT2D eigenvalue weighted by Gasteiger charge is 2.30. The van der Waals surface area contributed by atoms with Crippen LogP contribution in [0, 0.1) is 26.7 Å². The summed E-state index contributed by atoms with van der Waals surface area (Å²) in [6.45, 7) is 8.13. The van der Waals surface area contributed by atoms with Crippen molar-refractivity contribution in [3.8, 4) is 0 Å². The first-order chi connectivity index (χ1) is 8.00. The van der Waals surface area contributed by atoms with Crippen molar-refractivity contribution >= 4 is 11.5 Å². The SMILES string of the molecule is CC(=O)C1CON=C1c1c(C)cc(C)cc1C. The lowest BCUT2D eigenvalue weighted by molar-refractivity contribution is -0.119. The number of aryl methyl sites for hydroxylation is 3. The lowest BCUT2D eigenvalue weighted by Crippen LogP contribution is -2.23. The molecule has 0 aromatic heterocycles. The molecule has 1 aliphatic rings. The first-order valence-corrected chi connectivity index (χ1v) is 5.79. The molecule has 0 amide bonds.